The molecule has 46 valence electrons. The lowest BCUT2D eigenvalue weighted by Gasteiger charge is -2.01. The van der Waals surface area contributed by atoms with Crippen LogP contribution in [-0.2, 0) is 0 Å². The quantitative estimate of drug-likeness (QED) is 0.519. The van der Waals surface area contributed by atoms with E-state index in [1.54, 1.807) is 7.05 Å². The zero-order valence-corrected chi connectivity index (χ0v) is 4.89. The summed E-state index contributed by atoms with van der Waals surface area (Å²) in [7, 11) is 1.74. The van der Waals surface area contributed by atoms with Crippen LogP contribution in [0.5, 0.6) is 0 Å². The van der Waals surface area contributed by atoms with Crippen molar-refractivity contribution in [1.82, 2.24) is 5.32 Å². The third-order valence-corrected chi connectivity index (χ3v) is 0.767. The lowest BCUT2D eigenvalue weighted by atomic mass is 10.3. The lowest BCUT2D eigenvalue weighted by Crippen LogP contribution is -2.22. The summed E-state index contributed by atoms with van der Waals surface area (Å²) >= 11 is 0. The van der Waals surface area contributed by atoms with Crippen molar-refractivity contribution >= 4 is 0 Å². The SMILES string of the molecule is CNC[C@@H](O)CC#N. The average molecular weight is 114 g/mol. The fourth-order valence-electron chi connectivity index (χ4n) is 0.413. The molecule has 0 aliphatic rings. The molecule has 0 aliphatic heterocycles. The maximum atomic E-state index is 8.76. The van der Waals surface area contributed by atoms with Gasteiger partial charge in [0, 0.05) is 6.54 Å². The van der Waals surface area contributed by atoms with Gasteiger partial charge in [0.05, 0.1) is 18.6 Å². The Kier molecular flexibility index (Phi) is 4.23. The van der Waals surface area contributed by atoms with Gasteiger partial charge in [-0.15, -0.1) is 0 Å². The number of nitrogens with one attached hydrogen (secondary N) is 1. The highest BCUT2D eigenvalue weighted by Crippen LogP contribution is 1.84. The molecule has 0 radical (unpaired) electrons. The molecule has 0 saturated carbocycles. The van der Waals surface area contributed by atoms with E-state index in [4.69, 9.17) is 10.4 Å². The van der Waals surface area contributed by atoms with Crippen LogP contribution in [0.2, 0.25) is 0 Å². The van der Waals surface area contributed by atoms with E-state index in [0.29, 0.717) is 6.54 Å². The molecule has 0 aliphatic carbocycles. The molecule has 3 heteroatoms. The highest BCUT2D eigenvalue weighted by molar-refractivity contribution is 4.75. The van der Waals surface area contributed by atoms with Gasteiger partial charge in [0.1, 0.15) is 0 Å². The van der Waals surface area contributed by atoms with Crippen molar-refractivity contribution < 1.29 is 5.11 Å². The summed E-state index contributed by atoms with van der Waals surface area (Å²) in [5, 5.41) is 19.5. The number of likely N-dealkylation sites (N-methyl/N-ethyl adjacent to an activating group) is 1. The number of rotatable bonds is 3. The van der Waals surface area contributed by atoms with Gasteiger partial charge in [-0.25, -0.2) is 0 Å². The topological polar surface area (TPSA) is 56.0 Å². The third-order valence-electron chi connectivity index (χ3n) is 0.767. The molecule has 0 amide bonds. The summed E-state index contributed by atoms with van der Waals surface area (Å²) in [6.45, 7) is 0.494. The Labute approximate surface area is 48.9 Å². The molecule has 0 aromatic rings. The Morgan fingerprint density at radius 2 is 2.50 bits per heavy atom. The first kappa shape index (κ1) is 7.41. The van der Waals surface area contributed by atoms with Crippen LogP contribution in [0, 0.1) is 11.3 Å². The van der Waals surface area contributed by atoms with E-state index < -0.39 is 6.10 Å². The molecule has 0 aromatic heterocycles. The van der Waals surface area contributed by atoms with Gasteiger partial charge in [0.25, 0.3) is 0 Å². The molecule has 0 unspecified atom stereocenters. The summed E-state index contributed by atoms with van der Waals surface area (Å²) < 4.78 is 0. The fourth-order valence-corrected chi connectivity index (χ4v) is 0.413. The van der Waals surface area contributed by atoms with Crippen LogP contribution < -0.4 is 5.32 Å². The molecule has 0 bridgehead atoms. The minimum Gasteiger partial charge on any atom is -0.391 e. The predicted octanol–water partition coefficient (Wildman–Crippen LogP) is -0.520. The van der Waals surface area contributed by atoms with Crippen molar-refractivity contribution in [3.05, 3.63) is 0 Å². The molecule has 0 saturated heterocycles. The van der Waals surface area contributed by atoms with Crippen LogP contribution in [0.15, 0.2) is 0 Å². The van der Waals surface area contributed by atoms with Crippen LogP contribution in [0.4, 0.5) is 0 Å². The molecular weight excluding hydrogens is 104 g/mol. The van der Waals surface area contributed by atoms with Crippen molar-refractivity contribution in [2.75, 3.05) is 13.6 Å². The van der Waals surface area contributed by atoms with Gasteiger partial charge < -0.3 is 10.4 Å². The average Bonchev–Trinajstić information content (AvgIpc) is 1.68. The molecule has 8 heavy (non-hydrogen) atoms. The third kappa shape index (κ3) is 3.59. The van der Waals surface area contributed by atoms with E-state index >= 15 is 0 Å². The van der Waals surface area contributed by atoms with Gasteiger partial charge in [0.15, 0.2) is 0 Å². The number of nitriles is 1. The molecule has 0 heterocycles. The highest BCUT2D eigenvalue weighted by atomic mass is 16.3. The number of nitrogens with zero attached hydrogens (tertiary/aromatic N) is 1. The first-order chi connectivity index (χ1) is 3.81. The number of hydrogen-bond donors (Lipinski definition) is 2. The fraction of sp³-hybridized carbons (Fsp3) is 0.800. The van der Waals surface area contributed by atoms with E-state index in [2.05, 4.69) is 5.32 Å². The Morgan fingerprint density at radius 3 is 2.88 bits per heavy atom. The maximum absolute atomic E-state index is 8.76. The Bertz CT molecular complexity index is 86.9. The number of aliphatic hydroxyl groups is 1. The van der Waals surface area contributed by atoms with Gasteiger partial charge in [-0.2, -0.15) is 5.26 Å². The zero-order chi connectivity index (χ0) is 6.41. The maximum Gasteiger partial charge on any atom is 0.0794 e. The first-order valence-corrected chi connectivity index (χ1v) is 2.51. The van der Waals surface area contributed by atoms with E-state index in [1.165, 1.54) is 0 Å². The molecule has 0 rings (SSSR count). The van der Waals surface area contributed by atoms with Crippen LogP contribution in [0.1, 0.15) is 6.42 Å². The second-order valence-corrected chi connectivity index (χ2v) is 1.57. The van der Waals surface area contributed by atoms with Crippen LogP contribution in [0.25, 0.3) is 0 Å². The summed E-state index contributed by atoms with van der Waals surface area (Å²) in [4.78, 5) is 0. The molecule has 0 aromatic carbocycles. The summed E-state index contributed by atoms with van der Waals surface area (Å²) in [6.07, 6.45) is -0.300. The van der Waals surface area contributed by atoms with Gasteiger partial charge in [-0.1, -0.05) is 0 Å². The van der Waals surface area contributed by atoms with Crippen LogP contribution >= 0.6 is 0 Å². The molecule has 3 nitrogen and oxygen atoms in total. The molecule has 0 fully saturated rings. The minimum absolute atomic E-state index is 0.209. The molecule has 1 atom stereocenters. The van der Waals surface area contributed by atoms with Crippen molar-refractivity contribution in [3.8, 4) is 6.07 Å². The Balaban J connectivity index is 3.08. The molecular formula is C5H10N2O. The number of aliphatic hydroxyl groups excluding tert-OH is 1. The summed E-state index contributed by atoms with van der Waals surface area (Å²) in [5.41, 5.74) is 0. The zero-order valence-electron chi connectivity index (χ0n) is 4.89. The van der Waals surface area contributed by atoms with Crippen molar-refractivity contribution in [1.29, 1.82) is 5.26 Å². The van der Waals surface area contributed by atoms with E-state index in [9.17, 15) is 0 Å². The largest absolute Gasteiger partial charge is 0.391 e. The lowest BCUT2D eigenvalue weighted by molar-refractivity contribution is 0.179. The van der Waals surface area contributed by atoms with E-state index in [0.717, 1.165) is 0 Å². The monoisotopic (exact) mass is 114 g/mol. The summed E-state index contributed by atoms with van der Waals surface area (Å²) in [6, 6.07) is 1.86. The minimum atomic E-state index is -0.509. The summed E-state index contributed by atoms with van der Waals surface area (Å²) in [5.74, 6) is 0. The van der Waals surface area contributed by atoms with Crippen molar-refractivity contribution in [3.63, 3.8) is 0 Å². The molecule has 0 spiro atoms. The van der Waals surface area contributed by atoms with Gasteiger partial charge in [-0.05, 0) is 7.05 Å². The predicted molar refractivity (Wildman–Crippen MR) is 30.2 cm³/mol. The Morgan fingerprint density at radius 1 is 1.88 bits per heavy atom. The van der Waals surface area contributed by atoms with Gasteiger partial charge in [0.2, 0.25) is 0 Å². The Hall–Kier alpha value is -0.590. The van der Waals surface area contributed by atoms with E-state index in [1.807, 2.05) is 6.07 Å². The van der Waals surface area contributed by atoms with Crippen LogP contribution in [0.3, 0.4) is 0 Å². The smallest absolute Gasteiger partial charge is 0.0794 e. The van der Waals surface area contributed by atoms with Gasteiger partial charge >= 0.3 is 0 Å². The number of hydrogen-bond acceptors (Lipinski definition) is 3. The second kappa shape index (κ2) is 4.57. The van der Waals surface area contributed by atoms with E-state index in [-0.39, 0.29) is 6.42 Å². The van der Waals surface area contributed by atoms with Crippen molar-refractivity contribution in [2.45, 2.75) is 12.5 Å². The normalized spacial score (nSPS) is 12.6. The van der Waals surface area contributed by atoms with Gasteiger partial charge in [-0.3, -0.25) is 0 Å². The van der Waals surface area contributed by atoms with Crippen LogP contribution in [-0.4, -0.2) is 24.8 Å². The van der Waals surface area contributed by atoms with Crippen molar-refractivity contribution in [2.24, 2.45) is 0 Å². The highest BCUT2D eigenvalue weighted by Gasteiger charge is 1.97. The second-order valence-electron chi connectivity index (χ2n) is 1.57. The molecule has 2 N–H and O–H groups in total. The first-order valence-electron chi connectivity index (χ1n) is 2.51. The standard InChI is InChI=1S/C5H10N2O/c1-7-4-5(8)2-3-6/h5,7-8H,2,4H2,1H3/t5-/m0/s1.